The molecule has 0 spiro atoms. The second-order valence-electron chi connectivity index (χ2n) is 8.55. The molecule has 28 heavy (non-hydrogen) atoms. The summed E-state index contributed by atoms with van der Waals surface area (Å²) >= 11 is 1.83. The van der Waals surface area contributed by atoms with Crippen LogP contribution in [0.1, 0.15) is 64.4 Å². The average Bonchev–Trinajstić information content (AvgIpc) is 3.34. The van der Waals surface area contributed by atoms with Gasteiger partial charge in [-0.3, -0.25) is 4.79 Å². The summed E-state index contributed by atoms with van der Waals surface area (Å²) in [6, 6.07) is 11.1. The first-order valence-corrected chi connectivity index (χ1v) is 11.3. The summed E-state index contributed by atoms with van der Waals surface area (Å²) < 4.78 is 3.65. The molecule has 2 aromatic heterocycles. The number of thiazole rings is 1. The first-order chi connectivity index (χ1) is 13.6. The largest absolute Gasteiger partial charge is 0.345 e. The molecule has 5 heteroatoms. The van der Waals surface area contributed by atoms with Crippen LogP contribution in [0.5, 0.6) is 0 Å². The summed E-state index contributed by atoms with van der Waals surface area (Å²) in [7, 11) is 0. The Hall–Kier alpha value is -1.98. The quantitative estimate of drug-likeness (QED) is 0.671. The van der Waals surface area contributed by atoms with E-state index in [4.69, 9.17) is 4.98 Å². The Morgan fingerprint density at radius 1 is 1.25 bits per heavy atom. The van der Waals surface area contributed by atoms with Crippen LogP contribution in [0.4, 0.5) is 0 Å². The summed E-state index contributed by atoms with van der Waals surface area (Å²) in [6.45, 7) is 6.98. The van der Waals surface area contributed by atoms with Crippen LogP contribution in [0.2, 0.25) is 0 Å². The molecule has 1 aliphatic heterocycles. The third-order valence-electron chi connectivity index (χ3n) is 6.39. The Bertz CT molecular complexity index is 997. The molecule has 146 valence electrons. The van der Waals surface area contributed by atoms with Crippen LogP contribution in [-0.2, 0) is 0 Å². The number of nitrogens with zero attached hydrogens (tertiary/aromatic N) is 2. The number of likely N-dealkylation sites (tertiary alicyclic amines) is 1. The van der Waals surface area contributed by atoms with Gasteiger partial charge in [0, 0.05) is 23.0 Å². The fourth-order valence-corrected chi connectivity index (χ4v) is 5.97. The van der Waals surface area contributed by atoms with Crippen molar-refractivity contribution in [1.82, 2.24) is 9.55 Å². The molecule has 1 N–H and O–H groups in total. The van der Waals surface area contributed by atoms with Gasteiger partial charge in [0.25, 0.3) is 0 Å². The number of piperidine rings is 1. The van der Waals surface area contributed by atoms with Gasteiger partial charge in [-0.15, -0.1) is 11.3 Å². The molecule has 4 nitrogen and oxygen atoms in total. The summed E-state index contributed by atoms with van der Waals surface area (Å²) in [5.41, 5.74) is 4.46. The lowest BCUT2D eigenvalue weighted by Crippen LogP contribution is -3.14. The number of aromatic nitrogens is 2. The van der Waals surface area contributed by atoms with Gasteiger partial charge in [-0.1, -0.05) is 12.1 Å². The van der Waals surface area contributed by atoms with Crippen molar-refractivity contribution in [2.24, 2.45) is 0 Å². The zero-order chi connectivity index (χ0) is 19.3. The number of quaternary nitrogens is 1. The van der Waals surface area contributed by atoms with E-state index in [2.05, 4.69) is 48.7 Å². The molecule has 1 aromatic carbocycles. The summed E-state index contributed by atoms with van der Waals surface area (Å²) in [5, 5.41) is 1.25. The molecule has 0 radical (unpaired) electrons. The minimum absolute atomic E-state index is 0.306. The first kappa shape index (κ1) is 18.1. The lowest BCUT2D eigenvalue weighted by molar-refractivity contribution is -0.897. The Kier molecular flexibility index (Phi) is 4.60. The Morgan fingerprint density at radius 2 is 2.07 bits per heavy atom. The molecule has 2 fully saturated rings. The van der Waals surface area contributed by atoms with Gasteiger partial charge in [0.1, 0.15) is 11.6 Å². The number of carbonyl (C=O) groups is 1. The number of benzene rings is 1. The van der Waals surface area contributed by atoms with Crippen LogP contribution in [-0.4, -0.2) is 35.0 Å². The molecule has 1 saturated heterocycles. The van der Waals surface area contributed by atoms with Crippen molar-refractivity contribution in [3.63, 3.8) is 0 Å². The standard InChI is InChI=1S/C23H27N3OS/c1-15-12-19(16(2)26(15)18-9-10-18)21(27)14-25-11-5-6-17(13-25)23-24-20-7-3-4-8-22(20)28-23/h3-4,7-8,12,17-18H,5-6,9-11,13-14H2,1-2H3/p+1/t17-/m0/s1. The minimum Gasteiger partial charge on any atom is -0.345 e. The van der Waals surface area contributed by atoms with Gasteiger partial charge in [-0.2, -0.15) is 0 Å². The number of carbonyl (C=O) groups excluding carboxylic acids is 1. The van der Waals surface area contributed by atoms with Crippen molar-refractivity contribution in [2.45, 2.75) is 51.5 Å². The molecule has 1 saturated carbocycles. The summed E-state index contributed by atoms with van der Waals surface area (Å²) in [5.74, 6) is 0.785. The predicted octanol–water partition coefficient (Wildman–Crippen LogP) is 3.69. The van der Waals surface area contributed by atoms with E-state index >= 15 is 0 Å². The fourth-order valence-electron chi connectivity index (χ4n) is 4.86. The Morgan fingerprint density at radius 3 is 2.86 bits per heavy atom. The molecular formula is C23H28N3OS+. The molecule has 2 atom stereocenters. The van der Waals surface area contributed by atoms with Gasteiger partial charge >= 0.3 is 0 Å². The van der Waals surface area contributed by atoms with Gasteiger partial charge in [0.2, 0.25) is 5.78 Å². The van der Waals surface area contributed by atoms with Gasteiger partial charge in [-0.05, 0) is 57.7 Å². The number of rotatable bonds is 5. The molecular weight excluding hydrogens is 366 g/mol. The summed E-state index contributed by atoms with van der Waals surface area (Å²) in [4.78, 5) is 19.4. The zero-order valence-corrected chi connectivity index (χ0v) is 17.5. The molecule has 1 unspecified atom stereocenters. The molecule has 0 amide bonds. The minimum atomic E-state index is 0.306. The predicted molar refractivity (Wildman–Crippen MR) is 114 cm³/mol. The van der Waals surface area contributed by atoms with Crippen molar-refractivity contribution in [3.05, 3.63) is 52.3 Å². The van der Waals surface area contributed by atoms with E-state index in [1.165, 1.54) is 51.7 Å². The van der Waals surface area contributed by atoms with Crippen LogP contribution in [0, 0.1) is 13.8 Å². The molecule has 3 heterocycles. The Balaban J connectivity index is 1.30. The van der Waals surface area contributed by atoms with Crippen molar-refractivity contribution < 1.29 is 9.69 Å². The molecule has 3 aromatic rings. The van der Waals surface area contributed by atoms with E-state index in [9.17, 15) is 4.79 Å². The van der Waals surface area contributed by atoms with Gasteiger partial charge in [-0.25, -0.2) is 4.98 Å². The van der Waals surface area contributed by atoms with Crippen LogP contribution >= 0.6 is 11.3 Å². The lowest BCUT2D eigenvalue weighted by Gasteiger charge is -2.28. The van der Waals surface area contributed by atoms with Gasteiger partial charge < -0.3 is 9.47 Å². The number of fused-ring (bicyclic) bond motifs is 1. The second-order valence-corrected chi connectivity index (χ2v) is 9.61. The average molecular weight is 395 g/mol. The molecule has 5 rings (SSSR count). The number of para-hydroxylation sites is 1. The van der Waals surface area contributed by atoms with Crippen molar-refractivity contribution >= 4 is 27.3 Å². The van der Waals surface area contributed by atoms with Crippen molar-refractivity contribution in [2.75, 3.05) is 19.6 Å². The first-order valence-electron chi connectivity index (χ1n) is 10.5. The zero-order valence-electron chi connectivity index (χ0n) is 16.7. The van der Waals surface area contributed by atoms with E-state index in [0.717, 1.165) is 24.2 Å². The topological polar surface area (TPSA) is 39.3 Å². The number of ketones is 1. The normalized spacial score (nSPS) is 22.6. The van der Waals surface area contributed by atoms with Crippen molar-refractivity contribution in [1.29, 1.82) is 0 Å². The highest BCUT2D eigenvalue weighted by atomic mass is 32.1. The van der Waals surface area contributed by atoms with Crippen LogP contribution in [0.25, 0.3) is 10.2 Å². The lowest BCUT2D eigenvalue weighted by atomic mass is 9.98. The fraction of sp³-hybridized carbons (Fsp3) is 0.478. The van der Waals surface area contributed by atoms with Crippen molar-refractivity contribution in [3.8, 4) is 0 Å². The third kappa shape index (κ3) is 3.31. The maximum atomic E-state index is 13.1. The monoisotopic (exact) mass is 394 g/mol. The number of hydrogen-bond donors (Lipinski definition) is 1. The third-order valence-corrected chi connectivity index (χ3v) is 7.58. The number of nitrogens with one attached hydrogen (secondary N) is 1. The van der Waals surface area contributed by atoms with Crippen LogP contribution in [0.3, 0.4) is 0 Å². The highest BCUT2D eigenvalue weighted by Crippen LogP contribution is 2.38. The molecule has 0 bridgehead atoms. The van der Waals surface area contributed by atoms with E-state index in [1.54, 1.807) is 0 Å². The van der Waals surface area contributed by atoms with E-state index in [1.807, 2.05) is 11.3 Å². The second kappa shape index (κ2) is 7.12. The maximum Gasteiger partial charge on any atom is 0.218 e. The highest BCUT2D eigenvalue weighted by Gasteiger charge is 2.31. The van der Waals surface area contributed by atoms with E-state index in [0.29, 0.717) is 24.3 Å². The number of hydrogen-bond acceptors (Lipinski definition) is 3. The number of aryl methyl sites for hydroxylation is 1. The highest BCUT2D eigenvalue weighted by molar-refractivity contribution is 7.18. The van der Waals surface area contributed by atoms with Crippen LogP contribution in [0.15, 0.2) is 30.3 Å². The van der Waals surface area contributed by atoms with E-state index in [-0.39, 0.29) is 0 Å². The van der Waals surface area contributed by atoms with Crippen LogP contribution < -0.4 is 4.90 Å². The number of Topliss-reactive ketones (excluding diaryl/α,β-unsaturated/α-hetero) is 1. The molecule has 1 aliphatic carbocycles. The molecule has 2 aliphatic rings. The summed E-state index contributed by atoms with van der Waals surface area (Å²) in [6.07, 6.45) is 4.87. The van der Waals surface area contributed by atoms with Gasteiger partial charge in [0.15, 0.2) is 0 Å². The van der Waals surface area contributed by atoms with E-state index < -0.39 is 0 Å². The maximum absolute atomic E-state index is 13.1. The smallest absolute Gasteiger partial charge is 0.218 e. The SMILES string of the molecule is Cc1cc(C(=O)C[NH+]2CCC[C@H](c3nc4ccccc4s3)C2)c(C)n1C1CC1. The Labute approximate surface area is 170 Å². The van der Waals surface area contributed by atoms with Gasteiger partial charge in [0.05, 0.1) is 29.2 Å².